The summed E-state index contributed by atoms with van der Waals surface area (Å²) >= 11 is 7.72. The van der Waals surface area contributed by atoms with Gasteiger partial charge in [0.1, 0.15) is 5.82 Å². The Hall–Kier alpha value is -2.69. The summed E-state index contributed by atoms with van der Waals surface area (Å²) in [6, 6.07) is 18.3. The summed E-state index contributed by atoms with van der Waals surface area (Å²) in [6.07, 6.45) is 0.616. The van der Waals surface area contributed by atoms with Crippen LogP contribution in [-0.4, -0.2) is 12.6 Å². The molecule has 0 aliphatic carbocycles. The number of halogens is 2. The Kier molecular flexibility index (Phi) is 5.89. The molecular weight excluding hydrogens is 419 g/mol. The molecule has 0 saturated heterocycles. The molecule has 0 spiro atoms. The lowest BCUT2D eigenvalue weighted by molar-refractivity contribution is 0.0526. The van der Waals surface area contributed by atoms with E-state index in [0.717, 1.165) is 26.8 Å². The second-order valence-corrected chi connectivity index (χ2v) is 8.63. The van der Waals surface area contributed by atoms with E-state index in [2.05, 4.69) is 19.1 Å². The summed E-state index contributed by atoms with van der Waals surface area (Å²) in [6.45, 7) is 4.23. The molecule has 152 valence electrons. The molecular formula is C25H20ClFO2S. The third-order valence-electron chi connectivity index (χ3n) is 5.03. The Bertz CT molecular complexity index is 1230. The maximum absolute atomic E-state index is 13.8. The Morgan fingerprint density at radius 3 is 2.67 bits per heavy atom. The fourth-order valence-electron chi connectivity index (χ4n) is 3.61. The highest BCUT2D eigenvalue weighted by Crippen LogP contribution is 2.39. The molecule has 0 fully saturated rings. The van der Waals surface area contributed by atoms with E-state index in [9.17, 15) is 9.18 Å². The Balaban J connectivity index is 1.77. The van der Waals surface area contributed by atoms with Gasteiger partial charge in [-0.3, -0.25) is 0 Å². The van der Waals surface area contributed by atoms with Gasteiger partial charge in [0.25, 0.3) is 0 Å². The minimum atomic E-state index is -0.326. The number of esters is 1. The molecule has 0 unspecified atom stereocenters. The predicted molar refractivity (Wildman–Crippen MR) is 122 cm³/mol. The third-order valence-corrected chi connectivity index (χ3v) is 6.59. The molecule has 4 aromatic rings. The molecule has 0 bridgehead atoms. The summed E-state index contributed by atoms with van der Waals surface area (Å²) in [7, 11) is 0. The van der Waals surface area contributed by atoms with Crippen molar-refractivity contribution in [2.24, 2.45) is 0 Å². The number of fused-ring (bicyclic) bond motifs is 1. The zero-order chi connectivity index (χ0) is 21.3. The van der Waals surface area contributed by atoms with Gasteiger partial charge in [0.2, 0.25) is 0 Å². The molecule has 5 heteroatoms. The van der Waals surface area contributed by atoms with Crippen molar-refractivity contribution in [3.8, 4) is 11.1 Å². The number of carbonyl (C=O) groups excluding carboxylic acids is 1. The first-order valence-corrected chi connectivity index (χ1v) is 10.9. The standard InChI is InChI=1S/C25H20ClFO2S/c1-3-29-25(28)18-7-4-6-17(13-18)22-9-5-8-21-15(2)23(30-24(21)22)12-16-10-19(26)14-20(27)11-16/h4-11,13-14H,3,12H2,1-2H3. The molecule has 3 aromatic carbocycles. The number of benzene rings is 3. The largest absolute Gasteiger partial charge is 0.462 e. The number of rotatable bonds is 5. The van der Waals surface area contributed by atoms with E-state index in [1.54, 1.807) is 30.4 Å². The maximum Gasteiger partial charge on any atom is 0.338 e. The summed E-state index contributed by atoms with van der Waals surface area (Å²) in [4.78, 5) is 13.3. The van der Waals surface area contributed by atoms with Crippen molar-refractivity contribution in [1.29, 1.82) is 0 Å². The molecule has 0 N–H and O–H groups in total. The van der Waals surface area contributed by atoms with Crippen molar-refractivity contribution in [2.75, 3.05) is 6.61 Å². The second kappa shape index (κ2) is 8.58. The van der Waals surface area contributed by atoms with Crippen molar-refractivity contribution >= 4 is 39.0 Å². The first kappa shape index (κ1) is 20.6. The molecule has 0 radical (unpaired) electrons. The molecule has 30 heavy (non-hydrogen) atoms. The summed E-state index contributed by atoms with van der Waals surface area (Å²) in [5, 5.41) is 1.57. The van der Waals surface area contributed by atoms with Crippen molar-refractivity contribution in [3.63, 3.8) is 0 Å². The van der Waals surface area contributed by atoms with E-state index < -0.39 is 0 Å². The molecule has 0 saturated carbocycles. The van der Waals surface area contributed by atoms with Crippen molar-refractivity contribution in [1.82, 2.24) is 0 Å². The van der Waals surface area contributed by atoms with Crippen LogP contribution in [0.25, 0.3) is 21.2 Å². The zero-order valence-corrected chi connectivity index (χ0v) is 18.2. The fraction of sp³-hybridized carbons (Fsp3) is 0.160. The van der Waals surface area contributed by atoms with Crippen LogP contribution in [0.4, 0.5) is 4.39 Å². The van der Waals surface area contributed by atoms with E-state index in [-0.39, 0.29) is 11.8 Å². The van der Waals surface area contributed by atoms with Crippen molar-refractivity contribution in [2.45, 2.75) is 20.3 Å². The lowest BCUT2D eigenvalue weighted by atomic mass is 10.00. The van der Waals surface area contributed by atoms with Gasteiger partial charge in [-0.2, -0.15) is 0 Å². The number of thiophene rings is 1. The van der Waals surface area contributed by atoms with Crippen LogP contribution in [0.15, 0.2) is 60.7 Å². The molecule has 1 aromatic heterocycles. The van der Waals surface area contributed by atoms with Gasteiger partial charge in [-0.05, 0) is 71.8 Å². The van der Waals surface area contributed by atoms with Gasteiger partial charge in [0.05, 0.1) is 12.2 Å². The monoisotopic (exact) mass is 438 g/mol. The molecule has 0 amide bonds. The summed E-state index contributed by atoms with van der Waals surface area (Å²) in [5.74, 6) is -0.648. The topological polar surface area (TPSA) is 26.3 Å². The summed E-state index contributed by atoms with van der Waals surface area (Å²) in [5.41, 5.74) is 4.59. The predicted octanol–water partition coefficient (Wildman–Crippen LogP) is 7.44. The molecule has 0 atom stereocenters. The van der Waals surface area contributed by atoms with Gasteiger partial charge < -0.3 is 4.74 Å². The van der Waals surface area contributed by atoms with Crippen LogP contribution in [0, 0.1) is 12.7 Å². The van der Waals surface area contributed by atoms with Crippen molar-refractivity contribution < 1.29 is 13.9 Å². The van der Waals surface area contributed by atoms with E-state index in [0.29, 0.717) is 23.6 Å². The second-order valence-electron chi connectivity index (χ2n) is 7.09. The highest BCUT2D eigenvalue weighted by atomic mass is 35.5. The van der Waals surface area contributed by atoms with Crippen LogP contribution in [0.2, 0.25) is 5.02 Å². The zero-order valence-electron chi connectivity index (χ0n) is 16.7. The number of ether oxygens (including phenoxy) is 1. The number of carbonyl (C=O) groups is 1. The summed E-state index contributed by atoms with van der Waals surface area (Å²) < 4.78 is 20.0. The number of hydrogen-bond acceptors (Lipinski definition) is 3. The van der Waals surface area contributed by atoms with Crippen LogP contribution in [-0.2, 0) is 11.2 Å². The smallest absolute Gasteiger partial charge is 0.338 e. The van der Waals surface area contributed by atoms with Gasteiger partial charge in [-0.25, -0.2) is 9.18 Å². The van der Waals surface area contributed by atoms with E-state index in [4.69, 9.17) is 16.3 Å². The normalized spacial score (nSPS) is 11.1. The van der Waals surface area contributed by atoms with Gasteiger partial charge in [-0.15, -0.1) is 11.3 Å². The average molecular weight is 439 g/mol. The average Bonchev–Trinajstić information content (AvgIpc) is 3.03. The Morgan fingerprint density at radius 1 is 1.10 bits per heavy atom. The first-order chi connectivity index (χ1) is 14.5. The van der Waals surface area contributed by atoms with Crippen molar-refractivity contribution in [3.05, 3.63) is 93.1 Å². The fourth-order valence-corrected chi connectivity index (χ4v) is 5.23. The number of hydrogen-bond donors (Lipinski definition) is 0. The van der Waals surface area contributed by atoms with E-state index in [1.165, 1.54) is 22.6 Å². The van der Waals surface area contributed by atoms with Crippen LogP contribution < -0.4 is 0 Å². The molecule has 2 nitrogen and oxygen atoms in total. The first-order valence-electron chi connectivity index (χ1n) is 9.69. The molecule has 4 rings (SSSR count). The maximum atomic E-state index is 13.8. The highest BCUT2D eigenvalue weighted by molar-refractivity contribution is 7.19. The van der Waals surface area contributed by atoms with Crippen LogP contribution in [0.3, 0.4) is 0 Å². The van der Waals surface area contributed by atoms with E-state index >= 15 is 0 Å². The van der Waals surface area contributed by atoms with Gasteiger partial charge in [0, 0.05) is 21.0 Å². The van der Waals surface area contributed by atoms with Crippen LogP contribution >= 0.6 is 22.9 Å². The van der Waals surface area contributed by atoms with Gasteiger partial charge >= 0.3 is 5.97 Å². The SMILES string of the molecule is CCOC(=O)c1cccc(-c2cccc3c(C)c(Cc4cc(F)cc(Cl)c4)sc23)c1. The number of aryl methyl sites for hydroxylation is 1. The molecule has 0 aliphatic heterocycles. The van der Waals surface area contributed by atoms with Gasteiger partial charge in [0.15, 0.2) is 0 Å². The van der Waals surface area contributed by atoms with E-state index in [1.807, 2.05) is 24.3 Å². The quantitative estimate of drug-likeness (QED) is 0.303. The third kappa shape index (κ3) is 4.11. The lowest BCUT2D eigenvalue weighted by Gasteiger charge is -2.07. The minimum Gasteiger partial charge on any atom is -0.462 e. The lowest BCUT2D eigenvalue weighted by Crippen LogP contribution is -2.04. The molecule has 0 aliphatic rings. The Morgan fingerprint density at radius 2 is 1.90 bits per heavy atom. The molecule has 1 heterocycles. The van der Waals surface area contributed by atoms with Crippen LogP contribution in [0.5, 0.6) is 0 Å². The highest BCUT2D eigenvalue weighted by Gasteiger charge is 2.15. The van der Waals surface area contributed by atoms with Crippen LogP contribution in [0.1, 0.15) is 33.3 Å². The minimum absolute atomic E-state index is 0.322. The van der Waals surface area contributed by atoms with Gasteiger partial charge in [-0.1, -0.05) is 41.9 Å². The Labute approximate surface area is 183 Å².